The van der Waals surface area contributed by atoms with Crippen molar-refractivity contribution in [3.8, 4) is 0 Å². The highest BCUT2D eigenvalue weighted by Crippen LogP contribution is 2.33. The van der Waals surface area contributed by atoms with Crippen molar-refractivity contribution in [2.24, 2.45) is 11.5 Å². The molecule has 0 aliphatic rings. The van der Waals surface area contributed by atoms with Gasteiger partial charge in [0.15, 0.2) is 0 Å². The molecule has 1 heterocycles. The first-order valence-corrected chi connectivity index (χ1v) is 7.57. The molecular formula is C15H21N3S. The molecule has 0 atom stereocenters. The molecule has 4 heteroatoms. The number of fused-ring (bicyclic) bond motifs is 1. The number of aryl methyl sites for hydroxylation is 1. The maximum absolute atomic E-state index is 5.78. The van der Waals surface area contributed by atoms with E-state index in [4.69, 9.17) is 16.5 Å². The lowest BCUT2D eigenvalue weighted by Crippen LogP contribution is -2.26. The minimum atomic E-state index is -0.398. The molecule has 102 valence electrons. The lowest BCUT2D eigenvalue weighted by molar-refractivity contribution is 0.777. The molecule has 0 fully saturated rings. The summed E-state index contributed by atoms with van der Waals surface area (Å²) in [6.45, 7) is 4.27. The molecule has 1 aromatic heterocycles. The molecule has 0 unspecified atom stereocenters. The second kappa shape index (κ2) is 6.37. The first kappa shape index (κ1) is 14.3. The van der Waals surface area contributed by atoms with Crippen LogP contribution in [0.25, 0.3) is 10.9 Å². The summed E-state index contributed by atoms with van der Waals surface area (Å²) in [6.07, 6.45) is 3.37. The zero-order chi connectivity index (χ0) is 13.8. The molecule has 2 rings (SSSR count). The third kappa shape index (κ3) is 3.26. The number of rotatable bonds is 5. The SMILES string of the molecule is CCCCc1c(C)nc2ccccc2c1SC(N)N. The van der Waals surface area contributed by atoms with Crippen molar-refractivity contribution in [1.29, 1.82) is 0 Å². The number of hydrogen-bond donors (Lipinski definition) is 2. The Bertz CT molecular complexity index is 567. The molecule has 0 amide bonds. The number of aromatic nitrogens is 1. The van der Waals surface area contributed by atoms with Crippen molar-refractivity contribution < 1.29 is 0 Å². The molecule has 0 spiro atoms. The zero-order valence-corrected chi connectivity index (χ0v) is 12.3. The Hall–Kier alpha value is -1.10. The molecule has 3 nitrogen and oxygen atoms in total. The van der Waals surface area contributed by atoms with Crippen LogP contribution in [0.2, 0.25) is 0 Å². The Morgan fingerprint density at radius 1 is 1.26 bits per heavy atom. The van der Waals surface area contributed by atoms with Crippen LogP contribution in [-0.4, -0.2) is 10.5 Å². The average Bonchev–Trinajstić information content (AvgIpc) is 2.37. The normalized spacial score (nSPS) is 11.4. The largest absolute Gasteiger partial charge is 0.307 e. The molecule has 0 bridgehead atoms. The molecule has 0 aliphatic heterocycles. The summed E-state index contributed by atoms with van der Waals surface area (Å²) in [6, 6.07) is 8.19. The lowest BCUT2D eigenvalue weighted by atomic mass is 10.0. The highest BCUT2D eigenvalue weighted by molar-refractivity contribution is 8.00. The number of pyridine rings is 1. The first-order valence-electron chi connectivity index (χ1n) is 6.69. The molecule has 0 saturated carbocycles. The molecule has 1 aromatic carbocycles. The minimum absolute atomic E-state index is 0.398. The summed E-state index contributed by atoms with van der Waals surface area (Å²) in [5.41, 5.74) is 14.6. The van der Waals surface area contributed by atoms with Gasteiger partial charge in [0, 0.05) is 16.0 Å². The van der Waals surface area contributed by atoms with E-state index in [1.54, 1.807) is 0 Å². The van der Waals surface area contributed by atoms with E-state index in [9.17, 15) is 0 Å². The number of nitrogens with zero attached hydrogens (tertiary/aromatic N) is 1. The predicted molar refractivity (Wildman–Crippen MR) is 83.1 cm³/mol. The monoisotopic (exact) mass is 275 g/mol. The lowest BCUT2D eigenvalue weighted by Gasteiger charge is -2.16. The van der Waals surface area contributed by atoms with E-state index in [-0.39, 0.29) is 0 Å². The van der Waals surface area contributed by atoms with E-state index in [0.717, 1.165) is 29.4 Å². The number of unbranched alkanes of at least 4 members (excludes halogenated alkanes) is 1. The van der Waals surface area contributed by atoms with Gasteiger partial charge >= 0.3 is 0 Å². The van der Waals surface area contributed by atoms with Gasteiger partial charge < -0.3 is 11.5 Å². The second-order valence-corrected chi connectivity index (χ2v) is 5.90. The van der Waals surface area contributed by atoms with Crippen molar-refractivity contribution in [2.45, 2.75) is 43.5 Å². The van der Waals surface area contributed by atoms with E-state index in [1.807, 2.05) is 18.2 Å². The molecule has 0 saturated heterocycles. The predicted octanol–water partition coefficient (Wildman–Crippen LogP) is 3.18. The zero-order valence-electron chi connectivity index (χ0n) is 11.5. The van der Waals surface area contributed by atoms with Crippen molar-refractivity contribution in [1.82, 2.24) is 4.98 Å². The fourth-order valence-corrected chi connectivity index (χ4v) is 3.22. The molecule has 4 N–H and O–H groups in total. The van der Waals surface area contributed by atoms with Crippen LogP contribution in [0.1, 0.15) is 31.0 Å². The van der Waals surface area contributed by atoms with Crippen LogP contribution in [0.5, 0.6) is 0 Å². The van der Waals surface area contributed by atoms with Crippen LogP contribution in [0, 0.1) is 6.92 Å². The van der Waals surface area contributed by atoms with E-state index in [0.29, 0.717) is 0 Å². The van der Waals surface area contributed by atoms with E-state index < -0.39 is 5.50 Å². The fraction of sp³-hybridized carbons (Fsp3) is 0.400. The van der Waals surface area contributed by atoms with Gasteiger partial charge in [0.25, 0.3) is 0 Å². The molecular weight excluding hydrogens is 254 g/mol. The third-order valence-corrected chi connectivity index (χ3v) is 4.16. The van der Waals surface area contributed by atoms with Gasteiger partial charge in [0.05, 0.1) is 5.52 Å². The Morgan fingerprint density at radius 3 is 2.68 bits per heavy atom. The van der Waals surface area contributed by atoms with Gasteiger partial charge in [-0.3, -0.25) is 4.98 Å². The van der Waals surface area contributed by atoms with Gasteiger partial charge in [-0.25, -0.2) is 0 Å². The van der Waals surface area contributed by atoms with Crippen LogP contribution in [0.15, 0.2) is 29.2 Å². The van der Waals surface area contributed by atoms with E-state index in [1.165, 1.54) is 28.6 Å². The highest BCUT2D eigenvalue weighted by Gasteiger charge is 2.14. The van der Waals surface area contributed by atoms with Gasteiger partial charge in [-0.15, -0.1) is 0 Å². The Labute approximate surface area is 118 Å². The number of benzene rings is 1. The summed E-state index contributed by atoms with van der Waals surface area (Å²) < 4.78 is 0. The fourth-order valence-electron chi connectivity index (χ4n) is 2.26. The van der Waals surface area contributed by atoms with Crippen LogP contribution in [-0.2, 0) is 6.42 Å². The summed E-state index contributed by atoms with van der Waals surface area (Å²) in [7, 11) is 0. The number of hydrogen-bond acceptors (Lipinski definition) is 4. The third-order valence-electron chi connectivity index (χ3n) is 3.18. The second-order valence-electron chi connectivity index (χ2n) is 4.71. The smallest absolute Gasteiger partial charge is 0.105 e. The maximum Gasteiger partial charge on any atom is 0.105 e. The van der Waals surface area contributed by atoms with E-state index in [2.05, 4.69) is 19.9 Å². The molecule has 0 radical (unpaired) electrons. The van der Waals surface area contributed by atoms with Crippen LogP contribution in [0.3, 0.4) is 0 Å². The van der Waals surface area contributed by atoms with Crippen LogP contribution in [0.4, 0.5) is 0 Å². The van der Waals surface area contributed by atoms with E-state index >= 15 is 0 Å². The number of nitrogens with two attached hydrogens (primary N) is 2. The summed E-state index contributed by atoms with van der Waals surface area (Å²) >= 11 is 1.53. The standard InChI is InChI=1S/C15H21N3S/c1-3-4-7-11-10(2)18-13-9-6-5-8-12(13)14(11)19-15(16)17/h5-6,8-9,15H,3-4,7,16-17H2,1-2H3. The Balaban J connectivity index is 2.59. The first-order chi connectivity index (χ1) is 9.13. The Morgan fingerprint density at radius 2 is 2.00 bits per heavy atom. The molecule has 2 aromatic rings. The molecule has 19 heavy (non-hydrogen) atoms. The number of para-hydroxylation sites is 1. The van der Waals surface area contributed by atoms with Crippen LogP contribution < -0.4 is 11.5 Å². The molecule has 0 aliphatic carbocycles. The summed E-state index contributed by atoms with van der Waals surface area (Å²) in [5, 5.41) is 1.16. The quantitative estimate of drug-likeness (QED) is 0.650. The summed E-state index contributed by atoms with van der Waals surface area (Å²) in [5.74, 6) is 0. The summed E-state index contributed by atoms with van der Waals surface area (Å²) in [4.78, 5) is 5.90. The van der Waals surface area contributed by atoms with Crippen molar-refractivity contribution in [2.75, 3.05) is 0 Å². The van der Waals surface area contributed by atoms with Gasteiger partial charge in [-0.05, 0) is 31.4 Å². The highest BCUT2D eigenvalue weighted by atomic mass is 32.2. The van der Waals surface area contributed by atoms with Crippen LogP contribution >= 0.6 is 11.8 Å². The van der Waals surface area contributed by atoms with Crippen molar-refractivity contribution in [3.63, 3.8) is 0 Å². The van der Waals surface area contributed by atoms with Crippen molar-refractivity contribution in [3.05, 3.63) is 35.5 Å². The van der Waals surface area contributed by atoms with Gasteiger partial charge in [-0.1, -0.05) is 43.3 Å². The average molecular weight is 275 g/mol. The van der Waals surface area contributed by atoms with Gasteiger partial charge in [0.2, 0.25) is 0 Å². The Kier molecular flexibility index (Phi) is 4.80. The number of thioether (sulfide) groups is 1. The van der Waals surface area contributed by atoms with Gasteiger partial charge in [-0.2, -0.15) is 0 Å². The minimum Gasteiger partial charge on any atom is -0.307 e. The van der Waals surface area contributed by atoms with Gasteiger partial charge in [0.1, 0.15) is 5.50 Å². The topological polar surface area (TPSA) is 64.9 Å². The maximum atomic E-state index is 5.78. The van der Waals surface area contributed by atoms with Crippen molar-refractivity contribution >= 4 is 22.7 Å².